The number of nitrogens with one attached hydrogen (secondary N) is 2. The molecular weight excluding hydrogens is 1090 g/mol. The number of unbranched alkanes of at least 4 members (excludes halogenated alkanes) is 4. The Bertz CT molecular complexity index is 2710. The number of carbonyl (C=O) groups is 8. The maximum absolute atomic E-state index is 13.3. The molecular formula is C60H89N5O15S2. The molecule has 8 fully saturated rings. The Kier molecular flexibility index (Phi) is 21.5. The van der Waals surface area contributed by atoms with E-state index in [1.165, 1.54) is 0 Å². The van der Waals surface area contributed by atoms with Gasteiger partial charge in [-0.25, -0.2) is 16.8 Å². The van der Waals surface area contributed by atoms with Crippen LogP contribution >= 0.6 is 0 Å². The second kappa shape index (κ2) is 27.3. The molecule has 0 aromatic rings. The molecule has 0 aromatic carbocycles. The molecule has 9 rings (SSSR count). The summed E-state index contributed by atoms with van der Waals surface area (Å²) in [7, 11) is -2.17. The number of allylic oxidation sites excluding steroid dienone is 5. The van der Waals surface area contributed by atoms with Gasteiger partial charge in [-0.05, 0) is 147 Å². The molecule has 13 atom stereocenters. The van der Waals surface area contributed by atoms with Gasteiger partial charge in [-0.3, -0.25) is 47.8 Å². The van der Waals surface area contributed by atoms with Crippen LogP contribution in [0.2, 0.25) is 0 Å². The molecule has 5 amide bonds. The molecule has 22 heteroatoms. The summed E-state index contributed by atoms with van der Waals surface area (Å²) < 4.78 is 58.7. The molecule has 82 heavy (non-hydrogen) atoms. The number of aliphatic hydroxyl groups excluding tert-OH is 2. The van der Waals surface area contributed by atoms with Crippen molar-refractivity contribution >= 4 is 67.1 Å². The van der Waals surface area contributed by atoms with Gasteiger partial charge in [0, 0.05) is 65.5 Å². The number of ketones is 2. The Hall–Kier alpha value is -5.06. The third kappa shape index (κ3) is 15.6. The van der Waals surface area contributed by atoms with Crippen LogP contribution in [0.1, 0.15) is 148 Å². The summed E-state index contributed by atoms with van der Waals surface area (Å²) in [6, 6.07) is 0. The minimum absolute atomic E-state index is 0.00869. The molecule has 2 aliphatic heterocycles. The van der Waals surface area contributed by atoms with Crippen molar-refractivity contribution in [2.24, 2.45) is 58.2 Å². The molecule has 9 aliphatic rings. The van der Waals surface area contributed by atoms with Gasteiger partial charge in [0.25, 0.3) is 0 Å². The monoisotopic (exact) mass is 1180 g/mol. The van der Waals surface area contributed by atoms with Gasteiger partial charge in [0.15, 0.2) is 0 Å². The summed E-state index contributed by atoms with van der Waals surface area (Å²) in [5, 5.41) is 19.4. The van der Waals surface area contributed by atoms with Crippen LogP contribution in [0.3, 0.4) is 0 Å². The quantitative estimate of drug-likeness (QED) is 0.0641. The van der Waals surface area contributed by atoms with E-state index in [0.29, 0.717) is 58.0 Å². The Morgan fingerprint density at radius 1 is 0.720 bits per heavy atom. The number of carbonyl (C=O) groups excluding carboxylic acids is 8. The summed E-state index contributed by atoms with van der Waals surface area (Å²) in [6.07, 6.45) is 20.9. The Morgan fingerprint density at radius 3 is 1.83 bits per heavy atom. The highest BCUT2D eigenvalue weighted by molar-refractivity contribution is 7.91. The molecule has 0 aromatic heterocycles. The molecule has 0 spiro atoms. The van der Waals surface area contributed by atoms with Crippen molar-refractivity contribution in [3.05, 3.63) is 50.1 Å². The number of Topliss-reactive ketones (excluding diaryl/α,β-unsaturated/α-hetero) is 2. The van der Waals surface area contributed by atoms with E-state index in [2.05, 4.69) is 29.2 Å². The fraction of sp³-hybridized carbons (Fsp3) is 0.733. The lowest BCUT2D eigenvalue weighted by Gasteiger charge is -2.26. The number of nitrogens with zero attached hydrogens (tertiary/aromatic N) is 3. The molecule has 7 saturated carbocycles. The first-order valence-corrected chi connectivity index (χ1v) is 32.9. The van der Waals surface area contributed by atoms with Crippen LogP contribution in [-0.4, -0.2) is 158 Å². The van der Waals surface area contributed by atoms with Gasteiger partial charge < -0.3 is 29.6 Å². The number of hydrogen-bond donors (Lipinski definition) is 4. The van der Waals surface area contributed by atoms with E-state index in [0.717, 1.165) is 70.8 Å². The number of ether oxygens (including phenoxy) is 1. The highest BCUT2D eigenvalue weighted by Gasteiger charge is 2.63. The summed E-state index contributed by atoms with van der Waals surface area (Å²) in [5.74, 6) is -5.46. The van der Waals surface area contributed by atoms with E-state index in [9.17, 15) is 65.4 Å². The first kappa shape index (κ1) is 64.5. The minimum atomic E-state index is -3.73. The van der Waals surface area contributed by atoms with Crippen LogP contribution in [-0.2, 0) is 63.1 Å². The zero-order valence-electron chi connectivity index (χ0n) is 48.3. The Labute approximate surface area is 484 Å². The van der Waals surface area contributed by atoms with Crippen LogP contribution in [0, 0.1) is 58.2 Å². The first-order chi connectivity index (χ1) is 38.8. The van der Waals surface area contributed by atoms with Gasteiger partial charge in [0.2, 0.25) is 49.6 Å². The predicted molar refractivity (Wildman–Crippen MR) is 305 cm³/mol. The first-order valence-electron chi connectivity index (χ1n) is 29.8. The standard InChI is InChI=1S/C24H36N2O6S.C22H32N2O6S.C14H21NO3/c1-4-6-7-8-11-26(3)22(29)20-13-17(27)12-19(20)21(28)15-24(14-16(24)5-2)23(30)25-33(31,32)18-9-10-18;1-24-9-5-3-2-4-6-14-12-22(14,21(28)23-31(29,30)16-7-8-16)13-19(26)17-10-15(25)11-18(17)20(24)27;1-3-4-5-6-7-15(2)13(16)11-8-10-9-12(11)14(17)18-10/h4-5,16-20,27H,1-2,6-15H2,3H3,(H,25,30);4,6,14-18,25H,2-3,5,7-13H2,1H3,(H,23,28);3,10-12H,1,4-9H2,2H3/b;6-4-;/t16-,17+,19-,20-,24-;14-,15+,17-,18-,22-;/m11./s1. The molecule has 20 nitrogen and oxygen atoms in total. The lowest BCUT2D eigenvalue weighted by molar-refractivity contribution is -0.155. The van der Waals surface area contributed by atoms with Crippen LogP contribution in [0.15, 0.2) is 50.1 Å². The minimum Gasteiger partial charge on any atom is -0.462 e. The normalized spacial score (nSPS) is 33.3. The SMILES string of the molecule is C=CCCCCN(C)C(=O)C1CC2CC1C(=O)O2.C=CCCCCN(C)C(=O)[C@@H]1C[C@@H](O)C[C@H]1C(=O)C[C@]1(C(=O)NS(=O)(=O)C2CC2)C[C@H]1C=C.CN1CCCC/C=C\[C@@H]2C[C@@]2(C(=O)NS(=O)(=O)C2CC2)CC(=O)[C@@H]2C[C@H](O)C[C@H]2C1=O. The average Bonchev–Trinajstić information content (AvgIpc) is 3.55. The maximum atomic E-state index is 13.3. The lowest BCUT2D eigenvalue weighted by Crippen LogP contribution is -2.42. The number of fused-ring (bicyclic) bond motifs is 4. The van der Waals surface area contributed by atoms with Gasteiger partial charge >= 0.3 is 5.97 Å². The van der Waals surface area contributed by atoms with Crippen molar-refractivity contribution in [2.45, 2.75) is 176 Å². The van der Waals surface area contributed by atoms with Gasteiger partial charge in [-0.15, -0.1) is 19.7 Å². The Morgan fingerprint density at radius 2 is 1.28 bits per heavy atom. The van der Waals surface area contributed by atoms with E-state index in [1.807, 2.05) is 31.4 Å². The van der Waals surface area contributed by atoms with Crippen molar-refractivity contribution < 1.29 is 70.1 Å². The summed E-state index contributed by atoms with van der Waals surface area (Å²) in [6.45, 7) is 13.0. The van der Waals surface area contributed by atoms with E-state index in [1.54, 1.807) is 34.9 Å². The molecule has 4 N–H and O–H groups in total. The second-order valence-electron chi connectivity index (χ2n) is 25.0. The second-order valence-corrected chi connectivity index (χ2v) is 28.9. The summed E-state index contributed by atoms with van der Waals surface area (Å²) >= 11 is 0. The zero-order valence-corrected chi connectivity index (χ0v) is 49.9. The number of rotatable bonds is 22. The molecule has 2 heterocycles. The molecule has 0 radical (unpaired) electrons. The van der Waals surface area contributed by atoms with E-state index in [4.69, 9.17) is 4.74 Å². The number of hydrogen-bond acceptors (Lipinski definition) is 15. The molecule has 7 aliphatic carbocycles. The number of esters is 1. The highest BCUT2D eigenvalue weighted by atomic mass is 32.2. The van der Waals surface area contributed by atoms with E-state index in [-0.39, 0.29) is 104 Å². The van der Waals surface area contributed by atoms with Gasteiger partial charge in [0.05, 0.1) is 57.2 Å². The fourth-order valence-corrected chi connectivity index (χ4v) is 15.8. The largest absolute Gasteiger partial charge is 0.462 e. The maximum Gasteiger partial charge on any atom is 0.310 e. The number of aliphatic hydroxyl groups is 2. The van der Waals surface area contributed by atoms with Gasteiger partial charge in [-0.1, -0.05) is 30.4 Å². The zero-order chi connectivity index (χ0) is 59.9. The smallest absolute Gasteiger partial charge is 0.310 e. The van der Waals surface area contributed by atoms with Crippen molar-refractivity contribution in [2.75, 3.05) is 40.8 Å². The van der Waals surface area contributed by atoms with Crippen LogP contribution < -0.4 is 9.44 Å². The van der Waals surface area contributed by atoms with Crippen molar-refractivity contribution in [3.63, 3.8) is 0 Å². The highest BCUT2D eigenvalue weighted by Crippen LogP contribution is 2.59. The van der Waals surface area contributed by atoms with Crippen LogP contribution in [0.25, 0.3) is 0 Å². The molecule has 3 unspecified atom stereocenters. The van der Waals surface area contributed by atoms with Gasteiger partial charge in [-0.2, -0.15) is 0 Å². The van der Waals surface area contributed by atoms with Crippen LogP contribution in [0.5, 0.6) is 0 Å². The average molecular weight is 1180 g/mol. The molecule has 2 bridgehead atoms. The summed E-state index contributed by atoms with van der Waals surface area (Å²) in [4.78, 5) is 107. The molecule has 456 valence electrons. The lowest BCUT2D eigenvalue weighted by atomic mass is 9.84. The predicted octanol–water partition coefficient (Wildman–Crippen LogP) is 4.85. The topological polar surface area (TPSA) is 288 Å². The number of sulfonamides is 2. The summed E-state index contributed by atoms with van der Waals surface area (Å²) in [5.41, 5.74) is -2.22. The van der Waals surface area contributed by atoms with E-state index >= 15 is 0 Å². The number of amides is 5. The van der Waals surface area contributed by atoms with Crippen molar-refractivity contribution in [1.29, 1.82) is 0 Å². The Balaban J connectivity index is 0.000000185. The third-order valence-corrected chi connectivity index (χ3v) is 22.3. The fourth-order valence-electron chi connectivity index (χ4n) is 13.1. The third-order valence-electron chi connectivity index (χ3n) is 18.7. The van der Waals surface area contributed by atoms with Crippen molar-refractivity contribution in [3.8, 4) is 0 Å². The van der Waals surface area contributed by atoms with Crippen LogP contribution in [0.4, 0.5) is 0 Å². The molecule has 1 saturated heterocycles. The van der Waals surface area contributed by atoms with Crippen molar-refractivity contribution in [1.82, 2.24) is 24.1 Å². The van der Waals surface area contributed by atoms with E-state index < -0.39 is 89.1 Å². The van der Waals surface area contributed by atoms with Gasteiger partial charge in [0.1, 0.15) is 17.7 Å².